The van der Waals surface area contributed by atoms with E-state index in [1.807, 2.05) is 6.07 Å². The van der Waals surface area contributed by atoms with E-state index in [0.717, 1.165) is 5.56 Å². The molecule has 4 nitrogen and oxygen atoms in total. The van der Waals surface area contributed by atoms with Crippen LogP contribution in [0.2, 0.25) is 5.02 Å². The van der Waals surface area contributed by atoms with Gasteiger partial charge in [-0.05, 0) is 23.8 Å². The lowest BCUT2D eigenvalue weighted by Gasteiger charge is -2.04. The number of rotatable bonds is 2. The van der Waals surface area contributed by atoms with Gasteiger partial charge in [-0.2, -0.15) is 0 Å². The smallest absolute Gasteiger partial charge is 0.229 e. The van der Waals surface area contributed by atoms with Crippen molar-refractivity contribution in [2.45, 2.75) is 0 Å². The van der Waals surface area contributed by atoms with E-state index in [1.165, 1.54) is 0 Å². The van der Waals surface area contributed by atoms with Crippen LogP contribution in [0, 0.1) is 0 Å². The number of aromatic nitrogens is 1. The molecule has 0 aliphatic rings. The Morgan fingerprint density at radius 2 is 2.20 bits per heavy atom. The molecule has 0 bridgehead atoms. The van der Waals surface area contributed by atoms with Crippen LogP contribution >= 0.6 is 11.6 Å². The Morgan fingerprint density at radius 1 is 1.40 bits per heavy atom. The average molecular weight is 225 g/mol. The Bertz CT molecular complexity index is 482. The van der Waals surface area contributed by atoms with Gasteiger partial charge in [0.2, 0.25) is 5.88 Å². The first-order valence-electron chi connectivity index (χ1n) is 4.26. The molecule has 0 amide bonds. The fraction of sp³-hybridized carbons (Fsp3) is 0.100. The van der Waals surface area contributed by atoms with Gasteiger partial charge in [-0.1, -0.05) is 16.8 Å². The van der Waals surface area contributed by atoms with E-state index in [1.54, 1.807) is 25.4 Å². The van der Waals surface area contributed by atoms with E-state index in [9.17, 15) is 0 Å². The maximum atomic E-state index is 5.93. The van der Waals surface area contributed by atoms with Gasteiger partial charge in [-0.3, -0.25) is 0 Å². The highest BCUT2D eigenvalue weighted by atomic mass is 35.5. The quantitative estimate of drug-likeness (QED) is 0.852. The number of hydrogen-bond acceptors (Lipinski definition) is 4. The molecule has 0 aliphatic heterocycles. The number of ether oxygens (including phenoxy) is 1. The SMILES string of the molecule is COc1cc(Cl)cc(-c2cnoc2N)c1. The molecule has 1 aromatic carbocycles. The van der Waals surface area contributed by atoms with Gasteiger partial charge < -0.3 is 15.0 Å². The van der Waals surface area contributed by atoms with Crippen LogP contribution in [0.25, 0.3) is 11.1 Å². The summed E-state index contributed by atoms with van der Waals surface area (Å²) in [5.41, 5.74) is 7.12. The van der Waals surface area contributed by atoms with Crippen molar-refractivity contribution in [2.75, 3.05) is 12.8 Å². The number of benzene rings is 1. The van der Waals surface area contributed by atoms with Crippen molar-refractivity contribution >= 4 is 17.5 Å². The minimum absolute atomic E-state index is 0.263. The maximum Gasteiger partial charge on any atom is 0.229 e. The molecular formula is C10H9ClN2O2. The van der Waals surface area contributed by atoms with E-state index < -0.39 is 0 Å². The minimum atomic E-state index is 0.263. The molecule has 5 heteroatoms. The van der Waals surface area contributed by atoms with Gasteiger partial charge in [0.1, 0.15) is 5.75 Å². The number of hydrogen-bond donors (Lipinski definition) is 1. The van der Waals surface area contributed by atoms with Gasteiger partial charge in [-0.25, -0.2) is 0 Å². The maximum absolute atomic E-state index is 5.93. The van der Waals surface area contributed by atoms with Gasteiger partial charge in [0, 0.05) is 5.02 Å². The van der Waals surface area contributed by atoms with Crippen LogP contribution in [0.15, 0.2) is 28.9 Å². The zero-order valence-corrected chi connectivity index (χ0v) is 8.78. The predicted molar refractivity (Wildman–Crippen MR) is 57.9 cm³/mol. The number of nitrogen functional groups attached to an aromatic ring is 1. The molecule has 0 spiro atoms. The third kappa shape index (κ3) is 1.89. The Labute approximate surface area is 91.6 Å². The van der Waals surface area contributed by atoms with Crippen LogP contribution in [0.3, 0.4) is 0 Å². The molecule has 0 aliphatic carbocycles. The second-order valence-corrected chi connectivity index (χ2v) is 3.42. The molecular weight excluding hydrogens is 216 g/mol. The van der Waals surface area contributed by atoms with Gasteiger partial charge in [-0.15, -0.1) is 0 Å². The van der Waals surface area contributed by atoms with E-state index in [0.29, 0.717) is 16.3 Å². The highest BCUT2D eigenvalue weighted by Crippen LogP contribution is 2.31. The van der Waals surface area contributed by atoms with E-state index in [2.05, 4.69) is 5.16 Å². The second-order valence-electron chi connectivity index (χ2n) is 2.98. The number of nitrogens with zero attached hydrogens (tertiary/aromatic N) is 1. The zero-order chi connectivity index (χ0) is 10.8. The summed E-state index contributed by atoms with van der Waals surface area (Å²) >= 11 is 5.93. The molecule has 0 fully saturated rings. The lowest BCUT2D eigenvalue weighted by molar-refractivity contribution is 0.415. The van der Waals surface area contributed by atoms with Gasteiger partial charge in [0.05, 0.1) is 18.9 Å². The van der Waals surface area contributed by atoms with Gasteiger partial charge in [0.25, 0.3) is 0 Å². The summed E-state index contributed by atoms with van der Waals surface area (Å²) in [6.45, 7) is 0. The van der Waals surface area contributed by atoms with Crippen LogP contribution in [0.1, 0.15) is 0 Å². The van der Waals surface area contributed by atoms with Crippen LogP contribution < -0.4 is 10.5 Å². The fourth-order valence-electron chi connectivity index (χ4n) is 1.30. The first kappa shape index (κ1) is 9.86. The van der Waals surface area contributed by atoms with E-state index >= 15 is 0 Å². The standard InChI is InChI=1S/C10H9ClN2O2/c1-14-8-3-6(2-7(11)4-8)9-5-13-15-10(9)12/h2-5H,12H2,1H3. The highest BCUT2D eigenvalue weighted by molar-refractivity contribution is 6.31. The van der Waals surface area contributed by atoms with Crippen molar-refractivity contribution < 1.29 is 9.26 Å². The molecule has 2 rings (SSSR count). The third-order valence-corrected chi connectivity index (χ3v) is 2.23. The Kier molecular flexibility index (Phi) is 2.51. The summed E-state index contributed by atoms with van der Waals surface area (Å²) in [7, 11) is 1.58. The number of anilines is 1. The second kappa shape index (κ2) is 3.82. The summed E-state index contributed by atoms with van der Waals surface area (Å²) < 4.78 is 9.87. The van der Waals surface area contributed by atoms with Gasteiger partial charge >= 0.3 is 0 Å². The molecule has 0 radical (unpaired) electrons. The Balaban J connectivity index is 2.53. The lowest BCUT2D eigenvalue weighted by atomic mass is 10.1. The number of halogens is 1. The van der Waals surface area contributed by atoms with Crippen LogP contribution in [-0.2, 0) is 0 Å². The largest absolute Gasteiger partial charge is 0.497 e. The Hall–Kier alpha value is -1.68. The molecule has 1 heterocycles. The number of methoxy groups -OCH3 is 1. The first-order chi connectivity index (χ1) is 7.20. The summed E-state index contributed by atoms with van der Waals surface area (Å²) in [5.74, 6) is 0.928. The van der Waals surface area contributed by atoms with Crippen molar-refractivity contribution in [2.24, 2.45) is 0 Å². The lowest BCUT2D eigenvalue weighted by Crippen LogP contribution is -1.87. The van der Waals surface area contributed by atoms with Crippen LogP contribution in [0.4, 0.5) is 5.88 Å². The fourth-order valence-corrected chi connectivity index (χ4v) is 1.53. The zero-order valence-electron chi connectivity index (χ0n) is 8.03. The van der Waals surface area contributed by atoms with E-state index in [4.69, 9.17) is 26.6 Å². The first-order valence-corrected chi connectivity index (χ1v) is 4.63. The molecule has 0 unspecified atom stereocenters. The van der Waals surface area contributed by atoms with Crippen molar-refractivity contribution in [1.29, 1.82) is 0 Å². The van der Waals surface area contributed by atoms with Crippen molar-refractivity contribution in [3.05, 3.63) is 29.4 Å². The third-order valence-electron chi connectivity index (χ3n) is 2.02. The monoisotopic (exact) mass is 224 g/mol. The molecule has 0 atom stereocenters. The molecule has 0 saturated heterocycles. The summed E-state index contributed by atoms with van der Waals surface area (Å²) in [6, 6.07) is 5.30. The minimum Gasteiger partial charge on any atom is -0.497 e. The van der Waals surface area contributed by atoms with Crippen molar-refractivity contribution in [3.63, 3.8) is 0 Å². The highest BCUT2D eigenvalue weighted by Gasteiger charge is 2.09. The Morgan fingerprint density at radius 3 is 2.80 bits per heavy atom. The summed E-state index contributed by atoms with van der Waals surface area (Å²) in [6.07, 6.45) is 1.54. The topological polar surface area (TPSA) is 61.3 Å². The number of nitrogens with two attached hydrogens (primary N) is 1. The predicted octanol–water partition coefficient (Wildman–Crippen LogP) is 2.59. The van der Waals surface area contributed by atoms with Crippen LogP contribution in [0.5, 0.6) is 5.75 Å². The normalized spacial score (nSPS) is 10.3. The molecule has 78 valence electrons. The molecule has 1 aromatic heterocycles. The van der Waals surface area contributed by atoms with Crippen LogP contribution in [-0.4, -0.2) is 12.3 Å². The molecule has 0 saturated carbocycles. The van der Waals surface area contributed by atoms with Gasteiger partial charge in [0.15, 0.2) is 0 Å². The molecule has 2 N–H and O–H groups in total. The molecule has 2 aromatic rings. The molecule has 15 heavy (non-hydrogen) atoms. The summed E-state index contributed by atoms with van der Waals surface area (Å²) in [5, 5.41) is 4.17. The van der Waals surface area contributed by atoms with Crippen molar-refractivity contribution in [3.8, 4) is 16.9 Å². The average Bonchev–Trinajstić information content (AvgIpc) is 2.63. The van der Waals surface area contributed by atoms with Crippen molar-refractivity contribution in [1.82, 2.24) is 5.16 Å². The summed E-state index contributed by atoms with van der Waals surface area (Å²) in [4.78, 5) is 0. The van der Waals surface area contributed by atoms with E-state index in [-0.39, 0.29) is 5.88 Å².